The average Bonchev–Trinajstić information content (AvgIpc) is 2.36. The van der Waals surface area contributed by atoms with Crippen LogP contribution < -0.4 is 11.2 Å². The minimum atomic E-state index is -1.56. The van der Waals surface area contributed by atoms with E-state index in [4.69, 9.17) is 5.73 Å². The molecule has 6 heteroatoms. The second-order valence-corrected chi connectivity index (χ2v) is 5.48. The van der Waals surface area contributed by atoms with Crippen LogP contribution in [0.25, 0.3) is 5.69 Å². The lowest BCUT2D eigenvalue weighted by Gasteiger charge is -2.21. The Balaban J connectivity index is 2.76. The molecule has 0 saturated carbocycles. The van der Waals surface area contributed by atoms with Gasteiger partial charge in [0.05, 0.1) is 5.69 Å². The Hall–Kier alpha value is -2.08. The van der Waals surface area contributed by atoms with Crippen molar-refractivity contribution >= 4 is 0 Å². The number of aromatic nitrogens is 1. The highest BCUT2D eigenvalue weighted by molar-refractivity contribution is 5.39. The summed E-state index contributed by atoms with van der Waals surface area (Å²) in [6.45, 7) is 4.82. The van der Waals surface area contributed by atoms with E-state index < -0.39 is 23.0 Å². The van der Waals surface area contributed by atoms with E-state index >= 15 is 0 Å². The fraction of sp³-hybridized carbons (Fsp3) is 0.267. The molecule has 0 bridgehead atoms. The largest absolute Gasteiger partial charge is 0.322 e. The normalized spacial score (nSPS) is 11.8. The molecule has 0 amide bonds. The van der Waals surface area contributed by atoms with Gasteiger partial charge in [-0.05, 0) is 32.9 Å². The Morgan fingerprint density at radius 2 is 1.76 bits per heavy atom. The standard InChI is InChI=1S/C15H15F3N2O/c1-8-6-12(21)9(15(2,3)19)7-20(8)11-5-4-10(16)13(17)14(11)18/h4-7H,19H2,1-3H3. The summed E-state index contributed by atoms with van der Waals surface area (Å²) in [5.74, 6) is -4.14. The van der Waals surface area contributed by atoms with Crippen LogP contribution >= 0.6 is 0 Å². The van der Waals surface area contributed by atoms with Gasteiger partial charge in [-0.2, -0.15) is 0 Å². The van der Waals surface area contributed by atoms with E-state index in [0.29, 0.717) is 5.69 Å². The Kier molecular flexibility index (Phi) is 3.67. The number of hydrogen-bond donors (Lipinski definition) is 1. The molecule has 1 aromatic heterocycles. The molecule has 0 unspecified atom stereocenters. The maximum Gasteiger partial charge on any atom is 0.196 e. The summed E-state index contributed by atoms with van der Waals surface area (Å²) in [6, 6.07) is 3.22. The molecule has 0 aliphatic heterocycles. The summed E-state index contributed by atoms with van der Waals surface area (Å²) in [5.41, 5.74) is 5.12. The first-order valence-corrected chi connectivity index (χ1v) is 6.29. The smallest absolute Gasteiger partial charge is 0.196 e. The fourth-order valence-electron chi connectivity index (χ4n) is 2.08. The van der Waals surface area contributed by atoms with Crippen molar-refractivity contribution in [3.63, 3.8) is 0 Å². The highest BCUT2D eigenvalue weighted by atomic mass is 19.2. The number of benzene rings is 1. The van der Waals surface area contributed by atoms with Crippen molar-refractivity contribution in [2.24, 2.45) is 5.73 Å². The Morgan fingerprint density at radius 1 is 1.14 bits per heavy atom. The summed E-state index contributed by atoms with van der Waals surface area (Å²) < 4.78 is 41.6. The summed E-state index contributed by atoms with van der Waals surface area (Å²) >= 11 is 0. The molecule has 0 fully saturated rings. The third kappa shape index (κ3) is 2.71. The lowest BCUT2D eigenvalue weighted by Crippen LogP contribution is -2.35. The van der Waals surface area contributed by atoms with Gasteiger partial charge in [-0.15, -0.1) is 0 Å². The van der Waals surface area contributed by atoms with E-state index in [0.717, 1.165) is 12.1 Å². The van der Waals surface area contributed by atoms with Crippen LogP contribution in [0.2, 0.25) is 0 Å². The van der Waals surface area contributed by atoms with E-state index in [-0.39, 0.29) is 16.7 Å². The predicted molar refractivity (Wildman–Crippen MR) is 73.9 cm³/mol. The Labute approximate surface area is 119 Å². The van der Waals surface area contributed by atoms with Gasteiger partial charge in [0, 0.05) is 29.1 Å². The highest BCUT2D eigenvalue weighted by Gasteiger charge is 2.21. The second kappa shape index (κ2) is 5.04. The Bertz CT molecular complexity index is 761. The molecule has 0 aliphatic carbocycles. The number of rotatable bonds is 2. The molecule has 2 aromatic rings. The van der Waals surface area contributed by atoms with Crippen molar-refractivity contribution in [3.8, 4) is 5.69 Å². The lowest BCUT2D eigenvalue weighted by molar-refractivity contribution is 0.444. The van der Waals surface area contributed by atoms with Crippen molar-refractivity contribution in [3.05, 3.63) is 63.3 Å². The minimum absolute atomic E-state index is 0.183. The quantitative estimate of drug-likeness (QED) is 0.866. The third-order valence-corrected chi connectivity index (χ3v) is 3.21. The van der Waals surface area contributed by atoms with Gasteiger partial charge in [0.15, 0.2) is 22.9 Å². The molecular formula is C15H15F3N2O. The second-order valence-electron chi connectivity index (χ2n) is 5.48. The molecule has 112 valence electrons. The minimum Gasteiger partial charge on any atom is -0.322 e. The van der Waals surface area contributed by atoms with Crippen LogP contribution in [-0.2, 0) is 5.54 Å². The van der Waals surface area contributed by atoms with Gasteiger partial charge in [0.2, 0.25) is 0 Å². The molecule has 2 N–H and O–H groups in total. The van der Waals surface area contributed by atoms with Crippen molar-refractivity contribution in [2.45, 2.75) is 26.3 Å². The lowest BCUT2D eigenvalue weighted by atomic mass is 9.96. The van der Waals surface area contributed by atoms with E-state index in [2.05, 4.69) is 0 Å². The zero-order valence-corrected chi connectivity index (χ0v) is 11.9. The van der Waals surface area contributed by atoms with Crippen molar-refractivity contribution in [1.82, 2.24) is 4.57 Å². The number of nitrogens with zero attached hydrogens (tertiary/aromatic N) is 1. The third-order valence-electron chi connectivity index (χ3n) is 3.21. The monoisotopic (exact) mass is 296 g/mol. The van der Waals surface area contributed by atoms with Crippen LogP contribution in [0.1, 0.15) is 25.1 Å². The molecule has 0 atom stereocenters. The number of pyridine rings is 1. The van der Waals surface area contributed by atoms with Crippen LogP contribution in [-0.4, -0.2) is 4.57 Å². The molecule has 0 aliphatic rings. The van der Waals surface area contributed by atoms with Crippen molar-refractivity contribution in [1.29, 1.82) is 0 Å². The molecule has 0 radical (unpaired) electrons. The first-order valence-electron chi connectivity index (χ1n) is 6.29. The highest BCUT2D eigenvalue weighted by Crippen LogP contribution is 2.22. The van der Waals surface area contributed by atoms with E-state index in [1.54, 1.807) is 20.8 Å². The maximum atomic E-state index is 13.9. The van der Waals surface area contributed by atoms with Crippen LogP contribution in [0.5, 0.6) is 0 Å². The SMILES string of the molecule is Cc1cc(=O)c(C(C)(C)N)cn1-c1ccc(F)c(F)c1F. The zero-order valence-electron chi connectivity index (χ0n) is 11.9. The first kappa shape index (κ1) is 15.3. The molecule has 2 rings (SSSR count). The van der Waals surface area contributed by atoms with Gasteiger partial charge in [0.1, 0.15) is 0 Å². The summed E-state index contributed by atoms with van der Waals surface area (Å²) in [6.07, 6.45) is 1.35. The van der Waals surface area contributed by atoms with Crippen molar-refractivity contribution < 1.29 is 13.2 Å². The number of halogens is 3. The van der Waals surface area contributed by atoms with Gasteiger partial charge in [-0.3, -0.25) is 4.79 Å². The summed E-state index contributed by atoms with van der Waals surface area (Å²) in [5, 5.41) is 0. The predicted octanol–water partition coefficient (Wildman–Crippen LogP) is 2.76. The van der Waals surface area contributed by atoms with Gasteiger partial charge in [-0.1, -0.05) is 0 Å². The molecule has 1 heterocycles. The molecule has 21 heavy (non-hydrogen) atoms. The van der Waals surface area contributed by atoms with Crippen LogP contribution in [0.15, 0.2) is 29.2 Å². The topological polar surface area (TPSA) is 48.0 Å². The molecule has 0 saturated heterocycles. The number of hydrogen-bond acceptors (Lipinski definition) is 2. The zero-order chi connectivity index (χ0) is 15.9. The van der Waals surface area contributed by atoms with Crippen LogP contribution in [0, 0.1) is 24.4 Å². The molecular weight excluding hydrogens is 281 g/mol. The molecule has 0 spiro atoms. The van der Waals surface area contributed by atoms with E-state index in [1.165, 1.54) is 16.8 Å². The number of aryl methyl sites for hydroxylation is 1. The summed E-state index contributed by atoms with van der Waals surface area (Å²) in [7, 11) is 0. The average molecular weight is 296 g/mol. The fourth-order valence-corrected chi connectivity index (χ4v) is 2.08. The Morgan fingerprint density at radius 3 is 2.33 bits per heavy atom. The van der Waals surface area contributed by atoms with Gasteiger partial charge in [-0.25, -0.2) is 13.2 Å². The number of nitrogens with two attached hydrogens (primary N) is 1. The molecule has 1 aromatic carbocycles. The van der Waals surface area contributed by atoms with E-state index in [9.17, 15) is 18.0 Å². The van der Waals surface area contributed by atoms with Gasteiger partial charge >= 0.3 is 0 Å². The van der Waals surface area contributed by atoms with Gasteiger partial charge in [0.25, 0.3) is 0 Å². The van der Waals surface area contributed by atoms with Crippen molar-refractivity contribution in [2.75, 3.05) is 0 Å². The van der Waals surface area contributed by atoms with Crippen LogP contribution in [0.3, 0.4) is 0 Å². The first-order chi connectivity index (χ1) is 9.62. The van der Waals surface area contributed by atoms with Gasteiger partial charge < -0.3 is 10.3 Å². The maximum absolute atomic E-state index is 13.9. The van der Waals surface area contributed by atoms with E-state index in [1.807, 2.05) is 0 Å². The summed E-state index contributed by atoms with van der Waals surface area (Å²) in [4.78, 5) is 12.0. The van der Waals surface area contributed by atoms with Crippen LogP contribution in [0.4, 0.5) is 13.2 Å². The molecule has 3 nitrogen and oxygen atoms in total.